The van der Waals surface area contributed by atoms with Crippen molar-refractivity contribution < 1.29 is 4.90 Å². The van der Waals surface area contributed by atoms with Crippen LogP contribution < -0.4 is 16.1 Å². The molecule has 1 saturated heterocycles. The molecular formula is C17H28N5O2+. The number of nitrogens with one attached hydrogen (secondary N) is 1. The number of aromatic nitrogens is 4. The van der Waals surface area contributed by atoms with Gasteiger partial charge >= 0.3 is 5.69 Å². The highest BCUT2D eigenvalue weighted by Crippen LogP contribution is 2.12. The number of fused-ring (bicyclic) bond motifs is 1. The fourth-order valence-corrected chi connectivity index (χ4v) is 4.05. The van der Waals surface area contributed by atoms with Crippen LogP contribution in [0.4, 0.5) is 0 Å². The fraction of sp³-hybridized carbons (Fsp3) is 0.706. The van der Waals surface area contributed by atoms with E-state index in [2.05, 4.69) is 6.92 Å². The molecule has 1 fully saturated rings. The van der Waals surface area contributed by atoms with Gasteiger partial charge in [0.15, 0.2) is 17.0 Å². The molecule has 132 valence electrons. The summed E-state index contributed by atoms with van der Waals surface area (Å²) in [5.41, 5.74) is 0.469. The molecular weight excluding hydrogens is 306 g/mol. The summed E-state index contributed by atoms with van der Waals surface area (Å²) in [5, 5.41) is 0. The number of hydrogen-bond acceptors (Lipinski definition) is 3. The van der Waals surface area contributed by atoms with Gasteiger partial charge in [-0.3, -0.25) is 13.9 Å². The number of aryl methyl sites for hydroxylation is 2. The quantitative estimate of drug-likeness (QED) is 0.842. The van der Waals surface area contributed by atoms with Gasteiger partial charge in [-0.25, -0.2) is 9.78 Å². The normalized spacial score (nSPS) is 21.5. The molecule has 0 spiro atoms. The average molecular weight is 334 g/mol. The molecule has 3 rings (SSSR count). The number of piperidine rings is 1. The number of likely N-dealkylation sites (tertiary alicyclic amines) is 1. The van der Waals surface area contributed by atoms with Crippen LogP contribution in [0.5, 0.6) is 0 Å². The Bertz CT molecular complexity index is 860. The van der Waals surface area contributed by atoms with Gasteiger partial charge in [-0.1, -0.05) is 6.92 Å². The predicted molar refractivity (Wildman–Crippen MR) is 93.4 cm³/mol. The third kappa shape index (κ3) is 2.60. The molecule has 2 aromatic rings. The maximum atomic E-state index is 12.6. The van der Waals surface area contributed by atoms with Gasteiger partial charge in [-0.15, -0.1) is 0 Å². The summed E-state index contributed by atoms with van der Waals surface area (Å²) >= 11 is 0. The number of quaternary nitrogens is 1. The van der Waals surface area contributed by atoms with Crippen molar-refractivity contribution in [1.82, 2.24) is 18.7 Å². The highest BCUT2D eigenvalue weighted by molar-refractivity contribution is 5.71. The van der Waals surface area contributed by atoms with E-state index in [0.717, 1.165) is 18.9 Å². The van der Waals surface area contributed by atoms with Crippen LogP contribution in [0, 0.1) is 0 Å². The number of hydrogen-bond donors (Lipinski definition) is 1. The van der Waals surface area contributed by atoms with Crippen molar-refractivity contribution in [2.24, 2.45) is 14.1 Å². The lowest BCUT2D eigenvalue weighted by atomic mass is 10.0. The van der Waals surface area contributed by atoms with Crippen LogP contribution >= 0.6 is 0 Å². The zero-order chi connectivity index (χ0) is 17.4. The Labute approximate surface area is 141 Å². The minimum absolute atomic E-state index is 0.255. The molecule has 0 saturated carbocycles. The lowest BCUT2D eigenvalue weighted by Gasteiger charge is -2.31. The van der Waals surface area contributed by atoms with Gasteiger partial charge in [0.1, 0.15) is 6.54 Å². The molecule has 1 aliphatic heterocycles. The van der Waals surface area contributed by atoms with Gasteiger partial charge in [-0.2, -0.15) is 0 Å². The molecule has 0 amide bonds. The van der Waals surface area contributed by atoms with Crippen LogP contribution in [0.25, 0.3) is 11.2 Å². The van der Waals surface area contributed by atoms with Crippen molar-refractivity contribution in [3.63, 3.8) is 0 Å². The monoisotopic (exact) mass is 334 g/mol. The second-order valence-electron chi connectivity index (χ2n) is 6.84. The van der Waals surface area contributed by atoms with Crippen molar-refractivity contribution in [2.75, 3.05) is 6.54 Å². The number of nitrogens with zero attached hydrogens (tertiary/aromatic N) is 4. The summed E-state index contributed by atoms with van der Waals surface area (Å²) in [6, 6.07) is 0.663. The Kier molecular flexibility index (Phi) is 4.62. The topological polar surface area (TPSA) is 66.3 Å². The van der Waals surface area contributed by atoms with Gasteiger partial charge in [0.25, 0.3) is 5.56 Å². The molecule has 0 radical (unpaired) electrons. The summed E-state index contributed by atoms with van der Waals surface area (Å²) in [4.78, 5) is 31.0. The third-order valence-electron chi connectivity index (χ3n) is 5.50. The van der Waals surface area contributed by atoms with Crippen molar-refractivity contribution in [3.05, 3.63) is 26.7 Å². The maximum Gasteiger partial charge on any atom is 0.332 e. The Morgan fingerprint density at radius 2 is 1.92 bits per heavy atom. The Morgan fingerprint density at radius 3 is 2.58 bits per heavy atom. The number of imidazole rings is 1. The SMILES string of the molecule is CC[C@@H]1CCCC[NH+]1Cc1nc2c(c(=O)n(C)c(=O)n2C)n1CC. The summed E-state index contributed by atoms with van der Waals surface area (Å²) < 4.78 is 4.64. The fourth-order valence-electron chi connectivity index (χ4n) is 4.05. The summed E-state index contributed by atoms with van der Waals surface area (Å²) in [6.45, 7) is 6.93. The van der Waals surface area contributed by atoms with E-state index in [0.29, 0.717) is 23.8 Å². The van der Waals surface area contributed by atoms with Gasteiger partial charge < -0.3 is 9.47 Å². The van der Waals surface area contributed by atoms with E-state index in [1.165, 1.54) is 41.9 Å². The standard InChI is InChI=1S/C17H27N5O2/c1-5-12-9-7-8-10-21(12)11-13-18-15-14(22(13)6-2)16(23)20(4)17(24)19(15)3/h12H,5-11H2,1-4H3/p+1/t12-/m1/s1. The lowest BCUT2D eigenvalue weighted by molar-refractivity contribution is -0.944. The smallest absolute Gasteiger partial charge is 0.326 e. The molecule has 1 aliphatic rings. The first-order valence-electron chi connectivity index (χ1n) is 8.99. The highest BCUT2D eigenvalue weighted by atomic mass is 16.2. The van der Waals surface area contributed by atoms with Crippen molar-refractivity contribution >= 4 is 11.2 Å². The Hall–Kier alpha value is -1.89. The molecule has 2 aromatic heterocycles. The largest absolute Gasteiger partial charge is 0.332 e. The minimum Gasteiger partial charge on any atom is -0.326 e. The van der Waals surface area contributed by atoms with E-state index in [1.807, 2.05) is 11.5 Å². The van der Waals surface area contributed by atoms with Gasteiger partial charge in [0.05, 0.1) is 12.6 Å². The Balaban J connectivity index is 2.12. The molecule has 0 aromatic carbocycles. The van der Waals surface area contributed by atoms with E-state index in [1.54, 1.807) is 11.9 Å². The van der Waals surface area contributed by atoms with Gasteiger partial charge in [-0.05, 0) is 32.6 Å². The average Bonchev–Trinajstić information content (AvgIpc) is 2.97. The first kappa shape index (κ1) is 17.0. The molecule has 0 aliphatic carbocycles. The van der Waals surface area contributed by atoms with Crippen molar-refractivity contribution in [1.29, 1.82) is 0 Å². The van der Waals surface area contributed by atoms with Gasteiger partial charge in [0, 0.05) is 20.6 Å². The van der Waals surface area contributed by atoms with Crippen LogP contribution in [0.3, 0.4) is 0 Å². The molecule has 2 atom stereocenters. The summed E-state index contributed by atoms with van der Waals surface area (Å²) in [5.74, 6) is 0.918. The first-order chi connectivity index (χ1) is 11.5. The summed E-state index contributed by atoms with van der Waals surface area (Å²) in [7, 11) is 3.21. The van der Waals surface area contributed by atoms with E-state index in [9.17, 15) is 9.59 Å². The minimum atomic E-state index is -0.323. The second-order valence-corrected chi connectivity index (χ2v) is 6.84. The van der Waals surface area contributed by atoms with Gasteiger partial charge in [0.2, 0.25) is 0 Å². The van der Waals surface area contributed by atoms with Crippen LogP contribution in [0.2, 0.25) is 0 Å². The molecule has 7 heteroatoms. The Morgan fingerprint density at radius 1 is 1.17 bits per heavy atom. The van der Waals surface area contributed by atoms with Crippen LogP contribution in [-0.2, 0) is 27.2 Å². The van der Waals surface area contributed by atoms with Crippen molar-refractivity contribution in [3.8, 4) is 0 Å². The molecule has 3 heterocycles. The van der Waals surface area contributed by atoms with E-state index < -0.39 is 0 Å². The molecule has 0 bridgehead atoms. The maximum absolute atomic E-state index is 12.6. The van der Waals surface area contributed by atoms with E-state index >= 15 is 0 Å². The third-order valence-corrected chi connectivity index (χ3v) is 5.50. The van der Waals surface area contributed by atoms with Crippen molar-refractivity contribution in [2.45, 2.75) is 58.7 Å². The lowest BCUT2D eigenvalue weighted by Crippen LogP contribution is -3.15. The highest BCUT2D eigenvalue weighted by Gasteiger charge is 2.27. The summed E-state index contributed by atoms with van der Waals surface area (Å²) in [6.07, 6.45) is 4.99. The molecule has 1 unspecified atom stereocenters. The molecule has 7 nitrogen and oxygen atoms in total. The second kappa shape index (κ2) is 6.55. The molecule has 1 N–H and O–H groups in total. The first-order valence-corrected chi connectivity index (χ1v) is 8.99. The van der Waals surface area contributed by atoms with Crippen LogP contribution in [0.15, 0.2) is 9.59 Å². The zero-order valence-corrected chi connectivity index (χ0v) is 15.1. The number of rotatable bonds is 4. The van der Waals surface area contributed by atoms with E-state index in [-0.39, 0.29) is 11.2 Å². The van der Waals surface area contributed by atoms with Crippen LogP contribution in [0.1, 0.15) is 45.4 Å². The van der Waals surface area contributed by atoms with Crippen LogP contribution in [-0.4, -0.2) is 31.3 Å². The zero-order valence-electron chi connectivity index (χ0n) is 15.1. The van der Waals surface area contributed by atoms with E-state index in [4.69, 9.17) is 4.98 Å². The molecule has 24 heavy (non-hydrogen) atoms. The predicted octanol–water partition coefficient (Wildman–Crippen LogP) is -0.199.